The third-order valence-electron chi connectivity index (χ3n) is 6.15. The zero-order chi connectivity index (χ0) is 25.5. The molecule has 0 radical (unpaired) electrons. The van der Waals surface area contributed by atoms with Gasteiger partial charge in [0.15, 0.2) is 6.04 Å². The Morgan fingerprint density at radius 2 is 1.81 bits per heavy atom. The number of carbonyl (C=O) groups excluding carboxylic acids is 3. The molecule has 1 aliphatic rings. The summed E-state index contributed by atoms with van der Waals surface area (Å²) in [5.41, 5.74) is 1.68. The average Bonchev–Trinajstić information content (AvgIpc) is 3.40. The average molecular weight is 510 g/mol. The maximum atomic E-state index is 13.1. The maximum absolute atomic E-state index is 13.1. The lowest BCUT2D eigenvalue weighted by molar-refractivity contribution is -0.145. The number of benzene rings is 2. The first kappa shape index (κ1) is 25.5. The molecule has 1 unspecified atom stereocenters. The van der Waals surface area contributed by atoms with Gasteiger partial charge < -0.3 is 15.0 Å². The molecule has 0 spiro atoms. The highest BCUT2D eigenvalue weighted by molar-refractivity contribution is 7.09. The number of piperidine rings is 1. The molecule has 7 nitrogen and oxygen atoms in total. The largest absolute Gasteiger partial charge is 0.464 e. The van der Waals surface area contributed by atoms with Gasteiger partial charge in [0.25, 0.3) is 5.91 Å². The second-order valence-corrected chi connectivity index (χ2v) is 9.49. The second kappa shape index (κ2) is 11.9. The summed E-state index contributed by atoms with van der Waals surface area (Å²) in [5, 5.41) is 5.30. The van der Waals surface area contributed by atoms with E-state index in [2.05, 4.69) is 10.3 Å². The van der Waals surface area contributed by atoms with Gasteiger partial charge >= 0.3 is 5.97 Å². The molecule has 36 heavy (non-hydrogen) atoms. The first-order valence-corrected chi connectivity index (χ1v) is 12.8. The predicted octanol–water partition coefficient (Wildman–Crippen LogP) is 4.27. The van der Waals surface area contributed by atoms with Crippen LogP contribution >= 0.6 is 11.3 Å². The lowest BCUT2D eigenvalue weighted by Gasteiger charge is -2.31. The van der Waals surface area contributed by atoms with Crippen LogP contribution in [0.15, 0.2) is 60.0 Å². The van der Waals surface area contributed by atoms with Crippen molar-refractivity contribution in [1.82, 2.24) is 15.2 Å². The fraction of sp³-hybridized carbons (Fsp3) is 0.333. The summed E-state index contributed by atoms with van der Waals surface area (Å²) in [6.45, 7) is 3.13. The Labute approximate surface area is 213 Å². The quantitative estimate of drug-likeness (QED) is 0.459. The van der Waals surface area contributed by atoms with Crippen LogP contribution in [-0.2, 0) is 20.7 Å². The number of rotatable bonds is 8. The molecule has 1 N–H and O–H groups in total. The molecule has 1 aliphatic heterocycles. The van der Waals surface area contributed by atoms with E-state index in [4.69, 9.17) is 4.74 Å². The Morgan fingerprint density at radius 1 is 1.11 bits per heavy atom. The van der Waals surface area contributed by atoms with Crippen LogP contribution < -0.4 is 5.32 Å². The third kappa shape index (κ3) is 6.34. The van der Waals surface area contributed by atoms with Gasteiger partial charge in [0, 0.05) is 24.4 Å². The lowest BCUT2D eigenvalue weighted by Crippen LogP contribution is -2.38. The molecule has 2 aromatic carbocycles. The Morgan fingerprint density at radius 3 is 2.47 bits per heavy atom. The van der Waals surface area contributed by atoms with E-state index in [1.165, 1.54) is 23.5 Å². The van der Waals surface area contributed by atoms with Crippen molar-refractivity contribution in [1.29, 1.82) is 0 Å². The van der Waals surface area contributed by atoms with Gasteiger partial charge in [0.05, 0.1) is 18.0 Å². The number of thiazole rings is 1. The number of ether oxygens (including phenoxy) is 1. The van der Waals surface area contributed by atoms with Crippen molar-refractivity contribution in [3.8, 4) is 0 Å². The number of likely N-dealkylation sites (tertiary alicyclic amines) is 1. The molecule has 3 aromatic rings. The molecule has 1 aromatic heterocycles. The van der Waals surface area contributed by atoms with Crippen LogP contribution in [0.1, 0.15) is 58.3 Å². The first-order chi connectivity index (χ1) is 17.4. The molecule has 0 bridgehead atoms. The summed E-state index contributed by atoms with van der Waals surface area (Å²) in [6.07, 6.45) is 1.74. The van der Waals surface area contributed by atoms with Crippen molar-refractivity contribution >= 4 is 29.1 Å². The number of amides is 2. The van der Waals surface area contributed by atoms with Crippen LogP contribution in [0.3, 0.4) is 0 Å². The van der Waals surface area contributed by atoms with Crippen molar-refractivity contribution in [3.63, 3.8) is 0 Å². The summed E-state index contributed by atoms with van der Waals surface area (Å²) in [5.74, 6) is -1.11. The highest BCUT2D eigenvalue weighted by atomic mass is 32.1. The van der Waals surface area contributed by atoms with Gasteiger partial charge in [-0.05, 0) is 43.0 Å². The van der Waals surface area contributed by atoms with Gasteiger partial charge in [-0.15, -0.1) is 11.3 Å². The monoisotopic (exact) mass is 509 g/mol. The fourth-order valence-electron chi connectivity index (χ4n) is 4.20. The first-order valence-electron chi connectivity index (χ1n) is 11.9. The molecule has 2 heterocycles. The van der Waals surface area contributed by atoms with E-state index in [9.17, 15) is 18.8 Å². The van der Waals surface area contributed by atoms with Crippen molar-refractivity contribution in [2.75, 3.05) is 19.7 Å². The SMILES string of the molecule is CCOC(=O)C(NC(=O)c1csc(C2CCN(C(=O)Cc3ccc(F)cc3)CC2)n1)c1ccccc1. The number of nitrogens with one attached hydrogen (secondary N) is 1. The summed E-state index contributed by atoms with van der Waals surface area (Å²) in [4.78, 5) is 44.4. The van der Waals surface area contributed by atoms with E-state index in [1.54, 1.807) is 48.7 Å². The van der Waals surface area contributed by atoms with E-state index >= 15 is 0 Å². The minimum atomic E-state index is -0.917. The summed E-state index contributed by atoms with van der Waals surface area (Å²) in [6, 6.07) is 14.0. The van der Waals surface area contributed by atoms with Crippen molar-refractivity contribution < 1.29 is 23.5 Å². The normalized spacial score (nSPS) is 14.8. The van der Waals surface area contributed by atoms with Gasteiger partial charge in [0.1, 0.15) is 11.5 Å². The van der Waals surface area contributed by atoms with E-state index in [-0.39, 0.29) is 36.4 Å². The molecule has 9 heteroatoms. The summed E-state index contributed by atoms with van der Waals surface area (Å²) >= 11 is 1.41. The number of carbonyl (C=O) groups is 3. The van der Waals surface area contributed by atoms with Crippen LogP contribution in [0.2, 0.25) is 0 Å². The summed E-state index contributed by atoms with van der Waals surface area (Å²) in [7, 11) is 0. The van der Waals surface area contributed by atoms with E-state index in [1.807, 2.05) is 11.0 Å². The van der Waals surface area contributed by atoms with Crippen LogP contribution in [0, 0.1) is 5.82 Å². The molecule has 188 valence electrons. The number of halogens is 1. The van der Waals surface area contributed by atoms with Crippen LogP contribution in [0.25, 0.3) is 0 Å². The lowest BCUT2D eigenvalue weighted by atomic mass is 9.97. The Kier molecular flexibility index (Phi) is 8.43. The van der Waals surface area contributed by atoms with E-state index < -0.39 is 17.9 Å². The van der Waals surface area contributed by atoms with Gasteiger partial charge in [0.2, 0.25) is 5.91 Å². The van der Waals surface area contributed by atoms with Crippen LogP contribution in [0.4, 0.5) is 4.39 Å². The van der Waals surface area contributed by atoms with Gasteiger partial charge in [-0.25, -0.2) is 14.2 Å². The zero-order valence-electron chi connectivity index (χ0n) is 20.0. The second-order valence-electron chi connectivity index (χ2n) is 8.60. The van der Waals surface area contributed by atoms with Crippen molar-refractivity contribution in [3.05, 3.63) is 87.6 Å². The minimum Gasteiger partial charge on any atom is -0.464 e. The molecular weight excluding hydrogens is 481 g/mol. The molecule has 1 atom stereocenters. The predicted molar refractivity (Wildman–Crippen MR) is 134 cm³/mol. The van der Waals surface area contributed by atoms with Crippen LogP contribution in [0.5, 0.6) is 0 Å². The Hall–Kier alpha value is -3.59. The zero-order valence-corrected chi connectivity index (χ0v) is 20.8. The van der Waals surface area contributed by atoms with Gasteiger partial charge in [-0.3, -0.25) is 9.59 Å². The molecule has 0 aliphatic carbocycles. The Balaban J connectivity index is 1.34. The van der Waals surface area contributed by atoms with Crippen LogP contribution in [-0.4, -0.2) is 47.4 Å². The smallest absolute Gasteiger partial charge is 0.333 e. The molecule has 2 amide bonds. The molecule has 1 saturated heterocycles. The fourth-order valence-corrected chi connectivity index (χ4v) is 5.17. The number of hydrogen-bond donors (Lipinski definition) is 1. The number of hydrogen-bond acceptors (Lipinski definition) is 6. The van der Waals surface area contributed by atoms with E-state index in [0.717, 1.165) is 23.4 Å². The number of nitrogens with zero attached hydrogens (tertiary/aromatic N) is 2. The van der Waals surface area contributed by atoms with Crippen molar-refractivity contribution in [2.45, 2.75) is 38.1 Å². The number of aromatic nitrogens is 1. The molecule has 0 saturated carbocycles. The standard InChI is InChI=1S/C27H28FN3O4S/c1-2-35-27(34)24(19-6-4-3-5-7-19)30-25(33)22-17-36-26(29-22)20-12-14-31(15-13-20)23(32)16-18-8-10-21(28)11-9-18/h3-11,17,20,24H,2,12-16H2,1H3,(H,30,33). The highest BCUT2D eigenvalue weighted by Crippen LogP contribution is 2.31. The van der Waals surface area contributed by atoms with Crippen molar-refractivity contribution in [2.24, 2.45) is 0 Å². The van der Waals surface area contributed by atoms with Gasteiger partial charge in [-0.2, -0.15) is 0 Å². The Bertz CT molecular complexity index is 1190. The molecular formula is C27H28FN3O4S. The topological polar surface area (TPSA) is 88.6 Å². The van der Waals surface area contributed by atoms with E-state index in [0.29, 0.717) is 18.7 Å². The maximum Gasteiger partial charge on any atom is 0.333 e. The number of esters is 1. The molecule has 1 fully saturated rings. The third-order valence-corrected chi connectivity index (χ3v) is 7.16. The van der Waals surface area contributed by atoms with Gasteiger partial charge in [-0.1, -0.05) is 42.5 Å². The minimum absolute atomic E-state index is 0.0187. The summed E-state index contributed by atoms with van der Waals surface area (Å²) < 4.78 is 18.2. The highest BCUT2D eigenvalue weighted by Gasteiger charge is 2.28. The molecule has 4 rings (SSSR count).